The van der Waals surface area contributed by atoms with Crippen molar-refractivity contribution in [3.05, 3.63) is 36.3 Å². The second kappa shape index (κ2) is 2.25. The number of phenolic OH excluding ortho intramolecular Hbond substituents is 1. The van der Waals surface area contributed by atoms with Gasteiger partial charge in [-0.3, -0.25) is 0 Å². The fourth-order valence-corrected chi connectivity index (χ4v) is 0.585. The number of aromatic hydroxyl groups is 1. The number of benzene rings is 1. The van der Waals surface area contributed by atoms with Gasteiger partial charge in [0.2, 0.25) is 0 Å². The van der Waals surface area contributed by atoms with Crippen LogP contribution in [0.2, 0.25) is 0 Å². The quantitative estimate of drug-likeness (QED) is 0.584. The maximum Gasteiger partial charge on any atom is 0.187 e. The molecule has 0 bridgehead atoms. The highest BCUT2D eigenvalue weighted by Crippen LogP contribution is 2.20. The van der Waals surface area contributed by atoms with Crippen LogP contribution in [0.4, 0.5) is 8.78 Å². The third kappa shape index (κ3) is 1.07. The Bertz CT molecular complexity index is 235. The van der Waals surface area contributed by atoms with Crippen LogP contribution in [0.15, 0.2) is 12.1 Å². The van der Waals surface area contributed by atoms with E-state index in [2.05, 4.69) is 0 Å². The highest BCUT2D eigenvalue weighted by molar-refractivity contribution is 5.31. The van der Waals surface area contributed by atoms with Gasteiger partial charge in [0.25, 0.3) is 0 Å². The summed E-state index contributed by atoms with van der Waals surface area (Å²) >= 11 is 0. The molecule has 3 heteroatoms. The summed E-state index contributed by atoms with van der Waals surface area (Å²) in [6.07, 6.45) is 0. The molecule has 0 spiro atoms. The molecule has 0 heterocycles. The average molecular weight is 142 g/mol. The van der Waals surface area contributed by atoms with Crippen LogP contribution in [0.3, 0.4) is 0 Å². The molecular weight excluding hydrogens is 138 g/mol. The summed E-state index contributed by atoms with van der Waals surface area (Å²) < 4.78 is 24.5. The third-order valence-electron chi connectivity index (χ3n) is 1.04. The molecule has 0 amide bonds. The molecule has 0 atom stereocenters. The molecule has 10 heavy (non-hydrogen) atoms. The number of hydrogen-bond acceptors (Lipinski definition) is 1. The van der Waals surface area contributed by atoms with Gasteiger partial charge >= 0.3 is 0 Å². The van der Waals surface area contributed by atoms with Gasteiger partial charge in [-0.25, -0.2) is 8.78 Å². The lowest BCUT2D eigenvalue weighted by Crippen LogP contribution is -1.83. The van der Waals surface area contributed by atoms with Gasteiger partial charge in [0.15, 0.2) is 17.4 Å². The van der Waals surface area contributed by atoms with Gasteiger partial charge in [-0.1, -0.05) is 0 Å². The molecule has 52 valence electrons. The van der Waals surface area contributed by atoms with E-state index >= 15 is 0 Å². The van der Waals surface area contributed by atoms with Gasteiger partial charge in [-0.2, -0.15) is 0 Å². The Kier molecular flexibility index (Phi) is 1.57. The molecule has 0 saturated heterocycles. The SMILES string of the molecule is [CH]c1cc(F)c(O)c(F)c1. The molecule has 0 unspecified atom stereocenters. The number of halogens is 2. The molecular formula is C7H4F2O. The molecule has 0 aromatic heterocycles. The molecule has 0 aliphatic heterocycles. The van der Waals surface area contributed by atoms with Gasteiger partial charge < -0.3 is 5.11 Å². The topological polar surface area (TPSA) is 20.2 Å². The Balaban J connectivity index is 3.31. The second-order valence-corrected chi connectivity index (χ2v) is 1.83. The molecule has 0 fully saturated rings. The van der Waals surface area contributed by atoms with Crippen molar-refractivity contribution in [3.8, 4) is 5.75 Å². The van der Waals surface area contributed by atoms with Crippen molar-refractivity contribution >= 4 is 0 Å². The monoisotopic (exact) mass is 142 g/mol. The Morgan fingerprint density at radius 2 is 1.60 bits per heavy atom. The van der Waals surface area contributed by atoms with Crippen LogP contribution >= 0.6 is 0 Å². The maximum absolute atomic E-state index is 12.3. The summed E-state index contributed by atoms with van der Waals surface area (Å²) in [5.74, 6) is -3.08. The average Bonchev–Trinajstić information content (AvgIpc) is 1.82. The van der Waals surface area contributed by atoms with Crippen molar-refractivity contribution in [3.63, 3.8) is 0 Å². The minimum atomic E-state index is -1.04. The summed E-state index contributed by atoms with van der Waals surface area (Å²) in [6, 6.07) is 1.69. The standard InChI is InChI=1S/C7H4F2O/c1-4-2-5(8)7(10)6(9)3-4/h1-3,10H. The number of rotatable bonds is 0. The van der Waals surface area contributed by atoms with Crippen LogP contribution in [-0.2, 0) is 0 Å². The maximum atomic E-state index is 12.3. The largest absolute Gasteiger partial charge is 0.503 e. The normalized spacial score (nSPS) is 9.90. The molecule has 1 N–H and O–H groups in total. The summed E-state index contributed by atoms with van der Waals surface area (Å²) in [4.78, 5) is 0. The van der Waals surface area contributed by atoms with Crippen molar-refractivity contribution in [1.29, 1.82) is 0 Å². The summed E-state index contributed by atoms with van der Waals surface area (Å²) in [7, 11) is 0. The predicted octanol–water partition coefficient (Wildman–Crippen LogP) is 1.73. The Hall–Kier alpha value is -1.12. The molecule has 2 radical (unpaired) electrons. The van der Waals surface area contributed by atoms with E-state index in [0.717, 1.165) is 12.1 Å². The fourth-order valence-electron chi connectivity index (χ4n) is 0.585. The summed E-state index contributed by atoms with van der Waals surface area (Å²) in [5, 5.41) is 8.53. The van der Waals surface area contributed by atoms with Crippen molar-refractivity contribution in [2.24, 2.45) is 0 Å². The van der Waals surface area contributed by atoms with Crippen LogP contribution < -0.4 is 0 Å². The van der Waals surface area contributed by atoms with E-state index in [1.807, 2.05) is 0 Å². The molecule has 1 nitrogen and oxygen atoms in total. The molecule has 1 aromatic rings. The fraction of sp³-hybridized carbons (Fsp3) is 0. The Labute approximate surface area is 56.9 Å². The minimum absolute atomic E-state index is 0.0483. The lowest BCUT2D eigenvalue weighted by atomic mass is 10.2. The lowest BCUT2D eigenvalue weighted by molar-refractivity contribution is 0.396. The number of hydrogen-bond donors (Lipinski definition) is 1. The first-order valence-electron chi connectivity index (χ1n) is 2.54. The highest BCUT2D eigenvalue weighted by Gasteiger charge is 2.06. The van der Waals surface area contributed by atoms with Crippen LogP contribution in [0.5, 0.6) is 5.75 Å². The second-order valence-electron chi connectivity index (χ2n) is 1.83. The first-order chi connectivity index (χ1) is 4.61. The molecule has 1 aromatic carbocycles. The molecule has 1 rings (SSSR count). The highest BCUT2D eigenvalue weighted by atomic mass is 19.1. The van der Waals surface area contributed by atoms with E-state index in [-0.39, 0.29) is 5.56 Å². The van der Waals surface area contributed by atoms with E-state index < -0.39 is 17.4 Å². The first-order valence-corrected chi connectivity index (χ1v) is 2.54. The van der Waals surface area contributed by atoms with E-state index in [1.165, 1.54) is 0 Å². The Morgan fingerprint density at radius 1 is 1.20 bits per heavy atom. The van der Waals surface area contributed by atoms with Gasteiger partial charge in [-0.05, 0) is 24.6 Å². The van der Waals surface area contributed by atoms with Gasteiger partial charge in [0, 0.05) is 0 Å². The van der Waals surface area contributed by atoms with Crippen LogP contribution in [0.1, 0.15) is 5.56 Å². The van der Waals surface area contributed by atoms with Crippen molar-refractivity contribution < 1.29 is 13.9 Å². The lowest BCUT2D eigenvalue weighted by Gasteiger charge is -1.97. The summed E-state index contributed by atoms with van der Waals surface area (Å²) in [5.41, 5.74) is -0.0483. The minimum Gasteiger partial charge on any atom is -0.503 e. The van der Waals surface area contributed by atoms with E-state index in [9.17, 15) is 8.78 Å². The van der Waals surface area contributed by atoms with Gasteiger partial charge in [0.1, 0.15) is 0 Å². The molecule has 0 aliphatic rings. The van der Waals surface area contributed by atoms with Crippen LogP contribution in [0, 0.1) is 18.6 Å². The van der Waals surface area contributed by atoms with Crippen molar-refractivity contribution in [2.75, 3.05) is 0 Å². The van der Waals surface area contributed by atoms with Crippen LogP contribution in [-0.4, -0.2) is 5.11 Å². The molecule has 0 aliphatic carbocycles. The van der Waals surface area contributed by atoms with Gasteiger partial charge in [0.05, 0.1) is 0 Å². The van der Waals surface area contributed by atoms with Crippen molar-refractivity contribution in [2.45, 2.75) is 0 Å². The third-order valence-corrected chi connectivity index (χ3v) is 1.04. The van der Waals surface area contributed by atoms with Crippen molar-refractivity contribution in [1.82, 2.24) is 0 Å². The first kappa shape index (κ1) is 6.99. The number of phenols is 1. The zero-order chi connectivity index (χ0) is 7.72. The van der Waals surface area contributed by atoms with Crippen LogP contribution in [0.25, 0.3) is 0 Å². The molecule has 0 saturated carbocycles. The Morgan fingerprint density at radius 3 is 2.00 bits per heavy atom. The van der Waals surface area contributed by atoms with E-state index in [1.54, 1.807) is 0 Å². The van der Waals surface area contributed by atoms with E-state index in [4.69, 9.17) is 12.0 Å². The smallest absolute Gasteiger partial charge is 0.187 e. The predicted molar refractivity (Wildman–Crippen MR) is 31.4 cm³/mol. The zero-order valence-corrected chi connectivity index (χ0v) is 4.94. The zero-order valence-electron chi connectivity index (χ0n) is 4.94. The van der Waals surface area contributed by atoms with Gasteiger partial charge in [-0.15, -0.1) is 0 Å². The van der Waals surface area contributed by atoms with E-state index in [0.29, 0.717) is 0 Å². The summed E-state index contributed by atoms with van der Waals surface area (Å²) in [6.45, 7) is 5.04.